The number of primary amides is 1. The van der Waals surface area contributed by atoms with Crippen molar-refractivity contribution >= 4 is 17.7 Å². The maximum Gasteiger partial charge on any atom is 0.238 e. The van der Waals surface area contributed by atoms with Crippen LogP contribution in [-0.4, -0.2) is 30.9 Å². The number of thioether (sulfide) groups is 1. The van der Waals surface area contributed by atoms with Gasteiger partial charge in [-0.25, -0.2) is 0 Å². The summed E-state index contributed by atoms with van der Waals surface area (Å²) in [6, 6.07) is 7.73. The van der Waals surface area contributed by atoms with E-state index in [1.54, 1.807) is 18.9 Å². The number of benzene rings is 1. The molecule has 5 heteroatoms. The van der Waals surface area contributed by atoms with Crippen LogP contribution in [0.3, 0.4) is 0 Å². The van der Waals surface area contributed by atoms with E-state index in [1.165, 1.54) is 0 Å². The van der Waals surface area contributed by atoms with E-state index in [0.29, 0.717) is 12.3 Å². The first-order valence-corrected chi connectivity index (χ1v) is 6.83. The molecule has 0 fully saturated rings. The molecule has 0 radical (unpaired) electrons. The fraction of sp³-hybridized carbons (Fsp3) is 0.462. The number of para-hydroxylation sites is 1. The summed E-state index contributed by atoms with van der Waals surface area (Å²) in [5, 5.41) is 3.13. The smallest absolute Gasteiger partial charge is 0.238 e. The zero-order valence-electron chi connectivity index (χ0n) is 11.0. The van der Waals surface area contributed by atoms with Crippen LogP contribution in [-0.2, 0) is 4.79 Å². The monoisotopic (exact) mass is 268 g/mol. The lowest BCUT2D eigenvalue weighted by molar-refractivity contribution is -0.122. The second-order valence-electron chi connectivity index (χ2n) is 4.17. The molecule has 0 saturated heterocycles. The van der Waals surface area contributed by atoms with Crippen molar-refractivity contribution in [3.8, 4) is 5.75 Å². The Morgan fingerprint density at radius 1 is 1.50 bits per heavy atom. The molecule has 1 aromatic carbocycles. The zero-order chi connectivity index (χ0) is 13.6. The van der Waals surface area contributed by atoms with Crippen molar-refractivity contribution in [2.75, 3.05) is 19.4 Å². The van der Waals surface area contributed by atoms with E-state index in [4.69, 9.17) is 10.5 Å². The van der Waals surface area contributed by atoms with Crippen LogP contribution < -0.4 is 15.8 Å². The second kappa shape index (κ2) is 6.66. The highest BCUT2D eigenvalue weighted by molar-refractivity contribution is 7.99. The second-order valence-corrected chi connectivity index (χ2v) is 5.18. The van der Waals surface area contributed by atoms with Gasteiger partial charge in [-0.2, -0.15) is 0 Å². The SMILES string of the molecule is CCNC(C)(CSc1ccccc1OC)C(N)=O. The summed E-state index contributed by atoms with van der Waals surface area (Å²) in [4.78, 5) is 12.5. The van der Waals surface area contributed by atoms with Gasteiger partial charge in [-0.05, 0) is 25.6 Å². The van der Waals surface area contributed by atoms with Gasteiger partial charge in [0.1, 0.15) is 11.3 Å². The summed E-state index contributed by atoms with van der Waals surface area (Å²) in [7, 11) is 1.64. The van der Waals surface area contributed by atoms with Crippen molar-refractivity contribution < 1.29 is 9.53 Å². The minimum Gasteiger partial charge on any atom is -0.496 e. The van der Waals surface area contributed by atoms with Crippen LogP contribution in [0.15, 0.2) is 29.2 Å². The summed E-state index contributed by atoms with van der Waals surface area (Å²) >= 11 is 1.56. The van der Waals surface area contributed by atoms with Crippen LogP contribution in [0.1, 0.15) is 13.8 Å². The Kier molecular flexibility index (Phi) is 5.50. The largest absolute Gasteiger partial charge is 0.496 e. The van der Waals surface area contributed by atoms with Gasteiger partial charge >= 0.3 is 0 Å². The Balaban J connectivity index is 2.76. The summed E-state index contributed by atoms with van der Waals surface area (Å²) in [6.07, 6.45) is 0. The van der Waals surface area contributed by atoms with Crippen LogP contribution in [0.2, 0.25) is 0 Å². The fourth-order valence-corrected chi connectivity index (χ4v) is 2.72. The van der Waals surface area contributed by atoms with Gasteiger partial charge in [-0.1, -0.05) is 19.1 Å². The summed E-state index contributed by atoms with van der Waals surface area (Å²) in [6.45, 7) is 4.47. The van der Waals surface area contributed by atoms with E-state index in [2.05, 4.69) is 5.32 Å². The molecule has 0 spiro atoms. The molecular weight excluding hydrogens is 248 g/mol. The van der Waals surface area contributed by atoms with Crippen LogP contribution in [0.5, 0.6) is 5.75 Å². The topological polar surface area (TPSA) is 64.3 Å². The lowest BCUT2D eigenvalue weighted by Gasteiger charge is -2.26. The normalized spacial score (nSPS) is 13.9. The Labute approximate surface area is 112 Å². The number of carbonyl (C=O) groups is 1. The van der Waals surface area contributed by atoms with E-state index < -0.39 is 5.54 Å². The molecule has 0 aliphatic carbocycles. The van der Waals surface area contributed by atoms with Crippen molar-refractivity contribution in [1.82, 2.24) is 5.32 Å². The Hall–Kier alpha value is -1.20. The van der Waals surface area contributed by atoms with Crippen molar-refractivity contribution in [1.29, 1.82) is 0 Å². The molecule has 4 nitrogen and oxygen atoms in total. The number of hydrogen-bond donors (Lipinski definition) is 2. The lowest BCUT2D eigenvalue weighted by Crippen LogP contribution is -2.55. The van der Waals surface area contributed by atoms with Crippen molar-refractivity contribution in [3.63, 3.8) is 0 Å². The van der Waals surface area contributed by atoms with Gasteiger partial charge in [0.25, 0.3) is 0 Å². The van der Waals surface area contributed by atoms with Gasteiger partial charge in [-0.15, -0.1) is 11.8 Å². The average Bonchev–Trinajstić information content (AvgIpc) is 2.37. The highest BCUT2D eigenvalue weighted by Gasteiger charge is 2.30. The van der Waals surface area contributed by atoms with E-state index in [0.717, 1.165) is 10.6 Å². The number of amides is 1. The van der Waals surface area contributed by atoms with Crippen molar-refractivity contribution in [2.45, 2.75) is 24.3 Å². The Morgan fingerprint density at radius 2 is 2.17 bits per heavy atom. The number of rotatable bonds is 7. The van der Waals surface area contributed by atoms with Crippen LogP contribution in [0.25, 0.3) is 0 Å². The standard InChI is InChI=1S/C13H20N2O2S/c1-4-15-13(2,12(14)16)9-18-11-8-6-5-7-10(11)17-3/h5-8,15H,4,9H2,1-3H3,(H2,14,16). The van der Waals surface area contributed by atoms with E-state index in [-0.39, 0.29) is 5.91 Å². The van der Waals surface area contributed by atoms with Gasteiger partial charge < -0.3 is 15.8 Å². The molecule has 1 rings (SSSR count). The lowest BCUT2D eigenvalue weighted by atomic mass is 10.1. The van der Waals surface area contributed by atoms with Gasteiger partial charge in [0, 0.05) is 10.6 Å². The third kappa shape index (κ3) is 3.65. The number of carbonyl (C=O) groups excluding carboxylic acids is 1. The van der Waals surface area contributed by atoms with Gasteiger partial charge in [0.15, 0.2) is 0 Å². The molecule has 0 heterocycles. The molecule has 18 heavy (non-hydrogen) atoms. The molecule has 1 aromatic rings. The molecule has 1 unspecified atom stereocenters. The van der Waals surface area contributed by atoms with Gasteiger partial charge in [0.2, 0.25) is 5.91 Å². The molecule has 1 atom stereocenters. The minimum absolute atomic E-state index is 0.341. The summed E-state index contributed by atoms with van der Waals surface area (Å²) in [5.74, 6) is 1.04. The van der Waals surface area contributed by atoms with Crippen molar-refractivity contribution in [3.05, 3.63) is 24.3 Å². The molecule has 0 aromatic heterocycles. The van der Waals surface area contributed by atoms with Crippen LogP contribution in [0.4, 0.5) is 0 Å². The maximum atomic E-state index is 11.5. The predicted molar refractivity (Wildman–Crippen MR) is 75.0 cm³/mol. The molecule has 0 saturated carbocycles. The number of hydrogen-bond acceptors (Lipinski definition) is 4. The van der Waals surface area contributed by atoms with Gasteiger partial charge in [-0.3, -0.25) is 4.79 Å². The Morgan fingerprint density at radius 3 is 2.72 bits per heavy atom. The quantitative estimate of drug-likeness (QED) is 0.738. The summed E-state index contributed by atoms with van der Waals surface area (Å²) in [5.41, 5.74) is 4.74. The van der Waals surface area contributed by atoms with Crippen molar-refractivity contribution in [2.24, 2.45) is 5.73 Å². The number of ether oxygens (including phenoxy) is 1. The number of likely N-dealkylation sites (N-methyl/N-ethyl adjacent to an activating group) is 1. The molecular formula is C13H20N2O2S. The van der Waals surface area contributed by atoms with Gasteiger partial charge in [0.05, 0.1) is 7.11 Å². The molecule has 1 amide bonds. The maximum absolute atomic E-state index is 11.5. The highest BCUT2D eigenvalue weighted by atomic mass is 32.2. The molecule has 3 N–H and O–H groups in total. The molecule has 0 aliphatic heterocycles. The first-order chi connectivity index (χ1) is 8.53. The van der Waals surface area contributed by atoms with E-state index in [1.807, 2.05) is 38.1 Å². The van der Waals surface area contributed by atoms with E-state index >= 15 is 0 Å². The van der Waals surface area contributed by atoms with Crippen LogP contribution >= 0.6 is 11.8 Å². The predicted octanol–water partition coefficient (Wildman–Crippen LogP) is 1.64. The number of nitrogens with one attached hydrogen (secondary N) is 1. The highest BCUT2D eigenvalue weighted by Crippen LogP contribution is 2.30. The third-order valence-corrected chi connectivity index (χ3v) is 4.07. The van der Waals surface area contributed by atoms with E-state index in [9.17, 15) is 4.79 Å². The molecule has 0 bridgehead atoms. The minimum atomic E-state index is -0.708. The number of methoxy groups -OCH3 is 1. The third-order valence-electron chi connectivity index (χ3n) is 2.70. The van der Waals surface area contributed by atoms with Crippen LogP contribution in [0, 0.1) is 0 Å². The first kappa shape index (κ1) is 14.9. The average molecular weight is 268 g/mol. The molecule has 0 aliphatic rings. The molecule has 100 valence electrons. The zero-order valence-corrected chi connectivity index (χ0v) is 11.8. The first-order valence-electron chi connectivity index (χ1n) is 5.84. The Bertz CT molecular complexity index is 412. The summed E-state index contributed by atoms with van der Waals surface area (Å²) < 4.78 is 5.27. The fourth-order valence-electron chi connectivity index (χ4n) is 1.56. The number of nitrogens with two attached hydrogens (primary N) is 1.